The standard InChI is InChI=1S/C20H20ClN3O2/c21-16-5-3-15(4-6-16)19(26)24-9-7-20(13-24)10-17(20)18(25)23-12-14-2-1-8-22-11-14/h1-6,8,11,17H,7,9-10,12-13H2,(H,23,25)/t17-,20+/m1/s1. The van der Waals surface area contributed by atoms with Gasteiger partial charge >= 0.3 is 0 Å². The van der Waals surface area contributed by atoms with Crippen molar-refractivity contribution >= 4 is 23.4 Å². The second-order valence-electron chi connectivity index (χ2n) is 7.18. The Kier molecular flexibility index (Phi) is 4.41. The van der Waals surface area contributed by atoms with Crippen LogP contribution in [0.3, 0.4) is 0 Å². The predicted molar refractivity (Wildman–Crippen MR) is 98.6 cm³/mol. The van der Waals surface area contributed by atoms with Gasteiger partial charge in [0.25, 0.3) is 5.91 Å². The van der Waals surface area contributed by atoms with Crippen LogP contribution < -0.4 is 5.32 Å². The molecule has 2 aliphatic rings. The van der Waals surface area contributed by atoms with E-state index in [2.05, 4.69) is 10.3 Å². The number of benzene rings is 1. The summed E-state index contributed by atoms with van der Waals surface area (Å²) in [6, 6.07) is 10.8. The summed E-state index contributed by atoms with van der Waals surface area (Å²) in [4.78, 5) is 31.0. The lowest BCUT2D eigenvalue weighted by atomic mass is 10.0. The number of rotatable bonds is 4. The first-order chi connectivity index (χ1) is 12.6. The molecule has 134 valence electrons. The minimum atomic E-state index is -0.0406. The number of carbonyl (C=O) groups is 2. The monoisotopic (exact) mass is 369 g/mol. The molecule has 2 amide bonds. The predicted octanol–water partition coefficient (Wildman–Crippen LogP) is 2.90. The average Bonchev–Trinajstić information content (AvgIpc) is 3.20. The molecule has 0 radical (unpaired) electrons. The number of amides is 2. The molecule has 1 aliphatic carbocycles. The number of hydrogen-bond donors (Lipinski definition) is 1. The lowest BCUT2D eigenvalue weighted by molar-refractivity contribution is -0.123. The van der Waals surface area contributed by atoms with Gasteiger partial charge in [-0.15, -0.1) is 0 Å². The molecular weight excluding hydrogens is 350 g/mol. The molecule has 2 atom stereocenters. The Morgan fingerprint density at radius 2 is 2.08 bits per heavy atom. The smallest absolute Gasteiger partial charge is 0.253 e. The first-order valence-electron chi connectivity index (χ1n) is 8.79. The van der Waals surface area contributed by atoms with Crippen molar-refractivity contribution in [3.05, 3.63) is 64.9 Å². The molecule has 26 heavy (non-hydrogen) atoms. The zero-order valence-electron chi connectivity index (χ0n) is 14.3. The topological polar surface area (TPSA) is 62.3 Å². The summed E-state index contributed by atoms with van der Waals surface area (Å²) in [5.41, 5.74) is 1.59. The van der Waals surface area contributed by atoms with Crippen LogP contribution in [0.5, 0.6) is 0 Å². The van der Waals surface area contributed by atoms with E-state index in [-0.39, 0.29) is 23.1 Å². The van der Waals surface area contributed by atoms with Crippen LogP contribution in [-0.4, -0.2) is 34.8 Å². The fourth-order valence-corrected chi connectivity index (χ4v) is 3.95. The molecule has 1 aliphatic heterocycles. The molecule has 5 nitrogen and oxygen atoms in total. The van der Waals surface area contributed by atoms with Gasteiger partial charge in [0.05, 0.1) is 0 Å². The highest BCUT2D eigenvalue weighted by molar-refractivity contribution is 6.30. The van der Waals surface area contributed by atoms with Crippen molar-refractivity contribution in [1.29, 1.82) is 0 Å². The summed E-state index contributed by atoms with van der Waals surface area (Å²) < 4.78 is 0. The van der Waals surface area contributed by atoms with Crippen molar-refractivity contribution in [3.8, 4) is 0 Å². The molecule has 1 N–H and O–H groups in total. The number of aromatic nitrogens is 1. The van der Waals surface area contributed by atoms with E-state index in [1.807, 2.05) is 17.0 Å². The van der Waals surface area contributed by atoms with Crippen LogP contribution in [-0.2, 0) is 11.3 Å². The SMILES string of the molecule is O=C(NCc1cccnc1)[C@H]1C[C@]12CCN(C(=O)c1ccc(Cl)cc1)C2. The third kappa shape index (κ3) is 3.31. The van der Waals surface area contributed by atoms with Gasteiger partial charge in [-0.3, -0.25) is 14.6 Å². The summed E-state index contributed by atoms with van der Waals surface area (Å²) in [6.45, 7) is 1.85. The highest BCUT2D eigenvalue weighted by Gasteiger charge is 2.61. The van der Waals surface area contributed by atoms with Gasteiger partial charge in [-0.1, -0.05) is 17.7 Å². The quantitative estimate of drug-likeness (QED) is 0.901. The van der Waals surface area contributed by atoms with Gasteiger partial charge in [0.1, 0.15) is 0 Å². The molecule has 2 aromatic rings. The van der Waals surface area contributed by atoms with Crippen molar-refractivity contribution in [1.82, 2.24) is 15.2 Å². The van der Waals surface area contributed by atoms with E-state index in [0.29, 0.717) is 30.2 Å². The van der Waals surface area contributed by atoms with Crippen molar-refractivity contribution in [2.75, 3.05) is 13.1 Å². The molecule has 1 aromatic heterocycles. The fraction of sp³-hybridized carbons (Fsp3) is 0.350. The zero-order chi connectivity index (χ0) is 18.1. The summed E-state index contributed by atoms with van der Waals surface area (Å²) in [7, 11) is 0. The Bertz CT molecular complexity index is 825. The first kappa shape index (κ1) is 17.0. The van der Waals surface area contributed by atoms with Gasteiger partial charge in [-0.05, 0) is 48.7 Å². The first-order valence-corrected chi connectivity index (χ1v) is 9.17. The maximum Gasteiger partial charge on any atom is 0.253 e. The third-order valence-electron chi connectivity index (χ3n) is 5.46. The maximum atomic E-state index is 12.6. The zero-order valence-corrected chi connectivity index (χ0v) is 15.1. The van der Waals surface area contributed by atoms with Crippen LogP contribution in [0.4, 0.5) is 0 Å². The second kappa shape index (κ2) is 6.72. The Morgan fingerprint density at radius 3 is 2.81 bits per heavy atom. The van der Waals surface area contributed by atoms with Gasteiger partial charge in [0.15, 0.2) is 0 Å². The van der Waals surface area contributed by atoms with E-state index in [4.69, 9.17) is 11.6 Å². The van der Waals surface area contributed by atoms with E-state index in [1.54, 1.807) is 36.7 Å². The van der Waals surface area contributed by atoms with Gasteiger partial charge in [-0.2, -0.15) is 0 Å². The minimum Gasteiger partial charge on any atom is -0.352 e. The summed E-state index contributed by atoms with van der Waals surface area (Å²) in [6.07, 6.45) is 5.21. The lowest BCUT2D eigenvalue weighted by Crippen LogP contribution is -2.31. The van der Waals surface area contributed by atoms with E-state index in [0.717, 1.165) is 18.4 Å². The summed E-state index contributed by atoms with van der Waals surface area (Å²) in [5.74, 6) is 0.0943. The number of nitrogens with zero attached hydrogens (tertiary/aromatic N) is 2. The molecule has 1 spiro atoms. The Balaban J connectivity index is 1.33. The van der Waals surface area contributed by atoms with E-state index < -0.39 is 0 Å². The largest absolute Gasteiger partial charge is 0.352 e. The fourth-order valence-electron chi connectivity index (χ4n) is 3.83. The molecule has 1 saturated heterocycles. The molecule has 0 unspecified atom stereocenters. The normalized spacial score (nSPS) is 23.9. The molecule has 0 bridgehead atoms. The maximum absolute atomic E-state index is 12.6. The number of hydrogen-bond acceptors (Lipinski definition) is 3. The Labute approximate surface area is 157 Å². The van der Waals surface area contributed by atoms with Crippen molar-refractivity contribution < 1.29 is 9.59 Å². The van der Waals surface area contributed by atoms with Crippen LogP contribution in [0.2, 0.25) is 5.02 Å². The highest BCUT2D eigenvalue weighted by Crippen LogP contribution is 2.58. The lowest BCUT2D eigenvalue weighted by Gasteiger charge is -2.17. The molecule has 6 heteroatoms. The van der Waals surface area contributed by atoms with Gasteiger partial charge in [-0.25, -0.2) is 0 Å². The Hall–Kier alpha value is -2.40. The van der Waals surface area contributed by atoms with Gasteiger partial charge < -0.3 is 10.2 Å². The molecule has 1 saturated carbocycles. The highest BCUT2D eigenvalue weighted by atomic mass is 35.5. The van der Waals surface area contributed by atoms with E-state index in [9.17, 15) is 9.59 Å². The molecule has 2 heterocycles. The minimum absolute atomic E-state index is 0.00203. The number of pyridine rings is 1. The molecule has 4 rings (SSSR count). The number of carbonyl (C=O) groups excluding carboxylic acids is 2. The van der Waals surface area contributed by atoms with Crippen LogP contribution in [0, 0.1) is 11.3 Å². The van der Waals surface area contributed by atoms with E-state index >= 15 is 0 Å². The number of halogens is 1. The van der Waals surface area contributed by atoms with E-state index in [1.165, 1.54) is 0 Å². The van der Waals surface area contributed by atoms with Gasteiger partial charge in [0.2, 0.25) is 5.91 Å². The van der Waals surface area contributed by atoms with Crippen LogP contribution in [0.25, 0.3) is 0 Å². The third-order valence-corrected chi connectivity index (χ3v) is 5.71. The molecule has 2 fully saturated rings. The average molecular weight is 370 g/mol. The summed E-state index contributed by atoms with van der Waals surface area (Å²) >= 11 is 5.89. The van der Waals surface area contributed by atoms with Crippen molar-refractivity contribution in [3.63, 3.8) is 0 Å². The number of likely N-dealkylation sites (tertiary alicyclic amines) is 1. The van der Waals surface area contributed by atoms with Crippen LogP contribution in [0.1, 0.15) is 28.8 Å². The van der Waals surface area contributed by atoms with Crippen molar-refractivity contribution in [2.24, 2.45) is 11.3 Å². The Morgan fingerprint density at radius 1 is 1.27 bits per heavy atom. The van der Waals surface area contributed by atoms with Gasteiger partial charge in [0, 0.05) is 53.9 Å². The van der Waals surface area contributed by atoms with Crippen LogP contribution >= 0.6 is 11.6 Å². The van der Waals surface area contributed by atoms with Crippen molar-refractivity contribution in [2.45, 2.75) is 19.4 Å². The second-order valence-corrected chi connectivity index (χ2v) is 7.62. The number of nitrogens with one attached hydrogen (secondary N) is 1. The van der Waals surface area contributed by atoms with Crippen LogP contribution in [0.15, 0.2) is 48.8 Å². The molecular formula is C20H20ClN3O2. The summed E-state index contributed by atoms with van der Waals surface area (Å²) in [5, 5.41) is 3.61. The molecule has 1 aromatic carbocycles.